The van der Waals surface area contributed by atoms with Crippen molar-refractivity contribution >= 4 is 0 Å². The van der Waals surface area contributed by atoms with Crippen LogP contribution in [-0.4, -0.2) is 6.54 Å². The number of benzene rings is 1. The minimum atomic E-state index is -0.526. The highest BCUT2D eigenvalue weighted by Gasteiger charge is 2.40. The first kappa shape index (κ1) is 11.5. The van der Waals surface area contributed by atoms with E-state index in [4.69, 9.17) is 5.73 Å². The molecule has 88 valence electrons. The number of hydrogen-bond donors (Lipinski definition) is 1. The molecule has 0 radical (unpaired) electrons. The lowest BCUT2D eigenvalue weighted by Crippen LogP contribution is -2.32. The molecule has 3 heteroatoms. The molecule has 0 heterocycles. The first-order valence-electron chi connectivity index (χ1n) is 5.69. The quantitative estimate of drug-likeness (QED) is 0.837. The molecule has 16 heavy (non-hydrogen) atoms. The molecule has 1 aromatic rings. The van der Waals surface area contributed by atoms with Gasteiger partial charge >= 0.3 is 0 Å². The van der Waals surface area contributed by atoms with E-state index < -0.39 is 11.6 Å². The van der Waals surface area contributed by atoms with Crippen LogP contribution in [0.3, 0.4) is 0 Å². The van der Waals surface area contributed by atoms with Crippen molar-refractivity contribution in [3.8, 4) is 0 Å². The van der Waals surface area contributed by atoms with Gasteiger partial charge in [0.2, 0.25) is 0 Å². The van der Waals surface area contributed by atoms with Gasteiger partial charge in [0, 0.05) is 6.07 Å². The van der Waals surface area contributed by atoms with E-state index in [1.165, 1.54) is 25.0 Å². The third-order valence-corrected chi connectivity index (χ3v) is 3.64. The zero-order valence-electron chi connectivity index (χ0n) is 9.47. The van der Waals surface area contributed by atoms with E-state index in [0.29, 0.717) is 24.4 Å². The Morgan fingerprint density at radius 2 is 2.06 bits per heavy atom. The molecule has 1 saturated carbocycles. The summed E-state index contributed by atoms with van der Waals surface area (Å²) in [7, 11) is 0. The number of hydrogen-bond acceptors (Lipinski definition) is 1. The van der Waals surface area contributed by atoms with Gasteiger partial charge in [-0.3, -0.25) is 0 Å². The van der Waals surface area contributed by atoms with Gasteiger partial charge in [-0.15, -0.1) is 0 Å². The lowest BCUT2D eigenvalue weighted by Gasteiger charge is -2.28. The van der Waals surface area contributed by atoms with Gasteiger partial charge < -0.3 is 5.73 Å². The molecule has 1 unspecified atom stereocenters. The maximum Gasteiger partial charge on any atom is 0.129 e. The Balaban J connectivity index is 2.18. The monoisotopic (exact) mass is 225 g/mol. The Kier molecular flexibility index (Phi) is 2.98. The lowest BCUT2D eigenvalue weighted by molar-refractivity contribution is 0.278. The van der Waals surface area contributed by atoms with E-state index in [2.05, 4.69) is 6.92 Å². The summed E-state index contributed by atoms with van der Waals surface area (Å²) in [6, 6.07) is 3.78. The molecule has 1 fully saturated rings. The van der Waals surface area contributed by atoms with E-state index >= 15 is 0 Å². The molecule has 0 aliphatic heterocycles. The Morgan fingerprint density at radius 1 is 1.38 bits per heavy atom. The molecular formula is C13H17F2N. The molecule has 0 saturated heterocycles. The summed E-state index contributed by atoms with van der Waals surface area (Å²) >= 11 is 0. The molecule has 0 spiro atoms. The van der Waals surface area contributed by atoms with Crippen LogP contribution in [0.15, 0.2) is 18.2 Å². The molecule has 1 atom stereocenters. The zero-order chi connectivity index (χ0) is 11.8. The summed E-state index contributed by atoms with van der Waals surface area (Å²) in [5, 5.41) is 0. The van der Waals surface area contributed by atoms with Gasteiger partial charge in [0.15, 0.2) is 0 Å². The third-order valence-electron chi connectivity index (χ3n) is 3.64. The van der Waals surface area contributed by atoms with Crippen LogP contribution < -0.4 is 5.73 Å². The van der Waals surface area contributed by atoms with Crippen LogP contribution in [0.5, 0.6) is 0 Å². The Bertz CT molecular complexity index is 388. The van der Waals surface area contributed by atoms with Crippen LogP contribution in [0.4, 0.5) is 8.78 Å². The summed E-state index contributed by atoms with van der Waals surface area (Å²) < 4.78 is 26.3. The molecule has 1 nitrogen and oxygen atoms in total. The van der Waals surface area contributed by atoms with Gasteiger partial charge in [0.05, 0.1) is 0 Å². The fourth-order valence-corrected chi connectivity index (χ4v) is 2.26. The summed E-state index contributed by atoms with van der Waals surface area (Å²) in [6.07, 6.45) is 2.95. The number of nitrogens with two attached hydrogens (primary N) is 1. The second-order valence-corrected chi connectivity index (χ2v) is 5.04. The first-order valence-corrected chi connectivity index (χ1v) is 5.69. The number of halogens is 2. The van der Waals surface area contributed by atoms with Crippen molar-refractivity contribution in [2.24, 2.45) is 17.1 Å². The summed E-state index contributed by atoms with van der Waals surface area (Å²) in [4.78, 5) is 0. The highest BCUT2D eigenvalue weighted by molar-refractivity contribution is 5.20. The van der Waals surface area contributed by atoms with Crippen molar-refractivity contribution in [1.82, 2.24) is 0 Å². The molecule has 2 N–H and O–H groups in total. The summed E-state index contributed by atoms with van der Waals surface area (Å²) in [5.41, 5.74) is 6.31. The predicted molar refractivity (Wildman–Crippen MR) is 59.9 cm³/mol. The molecule has 1 aliphatic carbocycles. The highest BCUT2D eigenvalue weighted by Crippen LogP contribution is 2.46. The molecule has 0 amide bonds. The van der Waals surface area contributed by atoms with Crippen LogP contribution in [0.1, 0.15) is 25.3 Å². The topological polar surface area (TPSA) is 26.0 Å². The average molecular weight is 225 g/mol. The second kappa shape index (κ2) is 4.13. The second-order valence-electron chi connectivity index (χ2n) is 5.04. The smallest absolute Gasteiger partial charge is 0.129 e. The SMILES string of the molecule is CC(CN)(Cc1ccc(F)cc1F)C1CC1. The van der Waals surface area contributed by atoms with Crippen molar-refractivity contribution < 1.29 is 8.78 Å². The molecule has 1 aliphatic rings. The van der Waals surface area contributed by atoms with Crippen molar-refractivity contribution in [3.63, 3.8) is 0 Å². The minimum absolute atomic E-state index is 0.0430. The number of rotatable bonds is 4. The Hall–Kier alpha value is -0.960. The molecule has 2 rings (SSSR count). The van der Waals surface area contributed by atoms with Crippen LogP contribution >= 0.6 is 0 Å². The van der Waals surface area contributed by atoms with E-state index in [-0.39, 0.29) is 5.41 Å². The van der Waals surface area contributed by atoms with Crippen LogP contribution in [0, 0.1) is 23.0 Å². The molecule has 0 bridgehead atoms. The van der Waals surface area contributed by atoms with Gasteiger partial charge in [-0.2, -0.15) is 0 Å². The highest BCUT2D eigenvalue weighted by atomic mass is 19.1. The Labute approximate surface area is 94.7 Å². The maximum atomic E-state index is 13.5. The van der Waals surface area contributed by atoms with Gasteiger partial charge in [-0.25, -0.2) is 8.78 Å². The predicted octanol–water partition coefficient (Wildman–Crippen LogP) is 2.88. The van der Waals surface area contributed by atoms with Crippen LogP contribution in [0.2, 0.25) is 0 Å². The van der Waals surface area contributed by atoms with Crippen molar-refractivity contribution in [2.45, 2.75) is 26.2 Å². The lowest BCUT2D eigenvalue weighted by atomic mass is 9.79. The van der Waals surface area contributed by atoms with Gasteiger partial charge in [-0.1, -0.05) is 13.0 Å². The molecule has 0 aromatic heterocycles. The fraction of sp³-hybridized carbons (Fsp3) is 0.538. The van der Waals surface area contributed by atoms with E-state index in [1.807, 2.05) is 0 Å². The first-order chi connectivity index (χ1) is 7.55. The van der Waals surface area contributed by atoms with Crippen molar-refractivity contribution in [3.05, 3.63) is 35.4 Å². The van der Waals surface area contributed by atoms with Crippen LogP contribution in [0.25, 0.3) is 0 Å². The van der Waals surface area contributed by atoms with Gasteiger partial charge in [-0.05, 0) is 48.8 Å². The normalized spacial score (nSPS) is 19.5. The van der Waals surface area contributed by atoms with Crippen molar-refractivity contribution in [2.75, 3.05) is 6.54 Å². The fourth-order valence-electron chi connectivity index (χ4n) is 2.26. The standard InChI is InChI=1S/C13H17F2N/c1-13(8-16,10-3-4-10)7-9-2-5-11(14)6-12(9)15/h2,5-6,10H,3-4,7-8,16H2,1H3. The zero-order valence-corrected chi connectivity index (χ0v) is 9.47. The summed E-state index contributed by atoms with van der Waals surface area (Å²) in [5.74, 6) is -0.385. The minimum Gasteiger partial charge on any atom is -0.330 e. The van der Waals surface area contributed by atoms with Gasteiger partial charge in [0.25, 0.3) is 0 Å². The molecule has 1 aromatic carbocycles. The van der Waals surface area contributed by atoms with E-state index in [0.717, 1.165) is 6.07 Å². The van der Waals surface area contributed by atoms with Crippen LogP contribution in [-0.2, 0) is 6.42 Å². The average Bonchev–Trinajstić information content (AvgIpc) is 3.06. The Morgan fingerprint density at radius 3 is 2.56 bits per heavy atom. The third kappa shape index (κ3) is 2.24. The van der Waals surface area contributed by atoms with Crippen molar-refractivity contribution in [1.29, 1.82) is 0 Å². The summed E-state index contributed by atoms with van der Waals surface area (Å²) in [6.45, 7) is 2.64. The maximum absolute atomic E-state index is 13.5. The van der Waals surface area contributed by atoms with E-state index in [9.17, 15) is 8.78 Å². The molecular weight excluding hydrogens is 208 g/mol. The van der Waals surface area contributed by atoms with Gasteiger partial charge in [0.1, 0.15) is 11.6 Å². The van der Waals surface area contributed by atoms with E-state index in [1.54, 1.807) is 0 Å². The largest absolute Gasteiger partial charge is 0.330 e.